The molecule has 0 radical (unpaired) electrons. The van der Waals surface area contributed by atoms with Crippen LogP contribution in [0.1, 0.15) is 18.4 Å². The molecule has 2 aromatic rings. The lowest BCUT2D eigenvalue weighted by Crippen LogP contribution is -2.39. The van der Waals surface area contributed by atoms with Gasteiger partial charge in [-0.15, -0.1) is 0 Å². The van der Waals surface area contributed by atoms with Gasteiger partial charge in [-0.3, -0.25) is 19.3 Å². The maximum absolute atomic E-state index is 11.7. The van der Waals surface area contributed by atoms with Crippen LogP contribution in [0.4, 0.5) is 0 Å². The molecule has 186 valence electrons. The molecule has 4 rings (SSSR count). The van der Waals surface area contributed by atoms with Crippen molar-refractivity contribution in [1.82, 2.24) is 19.8 Å². The molecule has 0 unspecified atom stereocenters. The van der Waals surface area contributed by atoms with Crippen LogP contribution >= 0.6 is 0 Å². The highest BCUT2D eigenvalue weighted by atomic mass is 16.5. The van der Waals surface area contributed by atoms with Gasteiger partial charge in [0.1, 0.15) is 0 Å². The predicted octanol–water partition coefficient (Wildman–Crippen LogP) is 1.33. The number of ether oxygens (including phenoxy) is 2. The van der Waals surface area contributed by atoms with Gasteiger partial charge in [-0.05, 0) is 24.3 Å². The summed E-state index contributed by atoms with van der Waals surface area (Å²) in [5.74, 6) is 2.82. The lowest BCUT2D eigenvalue weighted by Gasteiger charge is -2.23. The van der Waals surface area contributed by atoms with Crippen molar-refractivity contribution in [2.45, 2.75) is 25.9 Å². The highest BCUT2D eigenvalue weighted by molar-refractivity contribution is 5.77. The van der Waals surface area contributed by atoms with E-state index in [1.807, 2.05) is 29.2 Å². The average molecular weight is 477 g/mol. The maximum Gasteiger partial charge on any atom is 0.290 e. The van der Waals surface area contributed by atoms with Gasteiger partial charge >= 0.3 is 0 Å². The van der Waals surface area contributed by atoms with Crippen molar-refractivity contribution in [2.24, 2.45) is 11.8 Å². The van der Waals surface area contributed by atoms with Crippen molar-refractivity contribution in [3.05, 3.63) is 42.5 Å². The Kier molecular flexibility index (Phi) is 11.4. The predicted molar refractivity (Wildman–Crippen MR) is 123 cm³/mol. The van der Waals surface area contributed by atoms with Crippen LogP contribution in [-0.4, -0.2) is 76.9 Å². The second-order valence-corrected chi connectivity index (χ2v) is 7.88. The Morgan fingerprint density at radius 1 is 1.21 bits per heavy atom. The maximum atomic E-state index is 11.7. The van der Waals surface area contributed by atoms with Crippen molar-refractivity contribution >= 4 is 18.9 Å². The van der Waals surface area contributed by atoms with Crippen LogP contribution in [0.15, 0.2) is 36.9 Å². The Morgan fingerprint density at radius 2 is 1.94 bits per heavy atom. The van der Waals surface area contributed by atoms with E-state index in [4.69, 9.17) is 29.3 Å². The molecule has 2 saturated heterocycles. The number of hydrogen-bond donors (Lipinski definition) is 3. The molecule has 2 fully saturated rings. The fourth-order valence-corrected chi connectivity index (χ4v) is 4.27. The number of aryl methyl sites for hydroxylation is 1. The molecule has 11 nitrogen and oxygen atoms in total. The number of methoxy groups -OCH3 is 1. The molecule has 1 aromatic carbocycles. The number of amides is 1. The minimum atomic E-state index is -0.250. The van der Waals surface area contributed by atoms with E-state index < -0.39 is 0 Å². The largest absolute Gasteiger partial charge is 0.493 e. The number of carbonyl (C=O) groups excluding carboxylic acids is 1. The first-order valence-electron chi connectivity index (χ1n) is 10.9. The summed E-state index contributed by atoms with van der Waals surface area (Å²) in [5.41, 5.74) is 1.14. The van der Waals surface area contributed by atoms with Gasteiger partial charge in [0.15, 0.2) is 11.5 Å². The minimum Gasteiger partial charge on any atom is -0.493 e. The van der Waals surface area contributed by atoms with Crippen molar-refractivity contribution in [3.8, 4) is 11.5 Å². The van der Waals surface area contributed by atoms with E-state index in [1.165, 1.54) is 0 Å². The fraction of sp³-hybridized carbons (Fsp3) is 0.478. The number of rotatable bonds is 8. The van der Waals surface area contributed by atoms with Crippen LogP contribution in [-0.2, 0) is 27.5 Å². The van der Waals surface area contributed by atoms with Crippen LogP contribution in [0.5, 0.6) is 11.5 Å². The Morgan fingerprint density at radius 3 is 2.62 bits per heavy atom. The lowest BCUT2D eigenvalue weighted by atomic mass is 9.89. The summed E-state index contributed by atoms with van der Waals surface area (Å²) < 4.78 is 13.7. The molecule has 3 N–H and O–H groups in total. The number of aromatic nitrogens is 2. The van der Waals surface area contributed by atoms with Gasteiger partial charge in [-0.2, -0.15) is 0 Å². The SMILES string of the molecule is COc1cccc(CN2C[C@H]3CC(=O)NC[C@H]3C2)c1OCCCn1ccnc1.O=CO.O=CO. The number of benzene rings is 1. The van der Waals surface area contributed by atoms with Gasteiger partial charge in [0.05, 0.1) is 20.0 Å². The summed E-state index contributed by atoms with van der Waals surface area (Å²) in [7, 11) is 1.68. The summed E-state index contributed by atoms with van der Waals surface area (Å²) in [5, 5.41) is 16.8. The Balaban J connectivity index is 0.000000618. The number of nitrogens with zero attached hydrogens (tertiary/aromatic N) is 3. The third kappa shape index (κ3) is 8.07. The minimum absolute atomic E-state index is 0.186. The van der Waals surface area contributed by atoms with Gasteiger partial charge in [-0.1, -0.05) is 12.1 Å². The Hall–Kier alpha value is -3.60. The number of piperidine rings is 1. The van der Waals surface area contributed by atoms with E-state index in [1.54, 1.807) is 13.3 Å². The average Bonchev–Trinajstić information content (AvgIpc) is 3.47. The molecule has 34 heavy (non-hydrogen) atoms. The van der Waals surface area contributed by atoms with E-state index >= 15 is 0 Å². The number of hydrogen-bond acceptors (Lipinski definition) is 7. The van der Waals surface area contributed by atoms with Crippen LogP contribution in [0.25, 0.3) is 0 Å². The molecule has 11 heteroatoms. The number of likely N-dealkylation sites (tertiary alicyclic amines) is 1. The molecule has 1 aromatic heterocycles. The highest BCUT2D eigenvalue weighted by Gasteiger charge is 2.37. The number of fused-ring (bicyclic) bond motifs is 1. The van der Waals surface area contributed by atoms with Gasteiger partial charge in [-0.25, -0.2) is 4.98 Å². The van der Waals surface area contributed by atoms with E-state index in [0.29, 0.717) is 24.9 Å². The van der Waals surface area contributed by atoms with Gasteiger partial charge < -0.3 is 29.6 Å². The molecule has 0 aliphatic carbocycles. The monoisotopic (exact) mass is 476 g/mol. The molecule has 0 bridgehead atoms. The molecular weight excluding hydrogens is 444 g/mol. The molecular formula is C23H32N4O7. The summed E-state index contributed by atoms with van der Waals surface area (Å²) in [6, 6.07) is 6.07. The summed E-state index contributed by atoms with van der Waals surface area (Å²) in [6.45, 7) is 4.60. The number of carbonyl (C=O) groups is 3. The fourth-order valence-electron chi connectivity index (χ4n) is 4.27. The molecule has 0 spiro atoms. The van der Waals surface area contributed by atoms with Crippen molar-refractivity contribution < 1.29 is 34.1 Å². The molecule has 3 heterocycles. The molecule has 2 aliphatic heterocycles. The van der Waals surface area contributed by atoms with Crippen molar-refractivity contribution in [3.63, 3.8) is 0 Å². The van der Waals surface area contributed by atoms with Crippen LogP contribution in [0, 0.1) is 11.8 Å². The first kappa shape index (κ1) is 26.7. The lowest BCUT2D eigenvalue weighted by molar-refractivity contribution is -0.124. The highest BCUT2D eigenvalue weighted by Crippen LogP contribution is 2.35. The van der Waals surface area contributed by atoms with Crippen LogP contribution < -0.4 is 14.8 Å². The van der Waals surface area contributed by atoms with E-state index in [2.05, 4.69) is 21.3 Å². The second kappa shape index (κ2) is 14.5. The number of para-hydroxylation sites is 1. The van der Waals surface area contributed by atoms with E-state index in [9.17, 15) is 4.79 Å². The zero-order valence-corrected chi connectivity index (χ0v) is 19.2. The smallest absolute Gasteiger partial charge is 0.290 e. The topological polar surface area (TPSA) is 143 Å². The Labute approximate surface area is 198 Å². The number of carboxylic acid groups (broad SMARTS) is 2. The molecule has 0 saturated carbocycles. The zero-order valence-electron chi connectivity index (χ0n) is 19.2. The third-order valence-corrected chi connectivity index (χ3v) is 5.70. The quantitative estimate of drug-likeness (QED) is 0.380. The second-order valence-electron chi connectivity index (χ2n) is 7.88. The zero-order chi connectivity index (χ0) is 24.8. The molecule has 1 amide bonds. The normalized spacial score (nSPS) is 18.8. The first-order valence-corrected chi connectivity index (χ1v) is 10.9. The Bertz CT molecular complexity index is 885. The number of imidazole rings is 1. The summed E-state index contributed by atoms with van der Waals surface area (Å²) >= 11 is 0. The van der Waals surface area contributed by atoms with E-state index in [-0.39, 0.29) is 18.9 Å². The molecule has 2 atom stereocenters. The van der Waals surface area contributed by atoms with Gasteiger partial charge in [0, 0.05) is 57.1 Å². The first-order chi connectivity index (χ1) is 16.6. The van der Waals surface area contributed by atoms with Crippen LogP contribution in [0.3, 0.4) is 0 Å². The molecule has 2 aliphatic rings. The standard InChI is InChI=1S/C21H28N4O3.2CH2O2/c1-27-19-5-2-4-16(21(19)28-9-3-7-24-8-6-22-15-24)12-25-13-17-10-20(26)23-11-18(17)14-25;2*2-1-3/h2,4-6,8,15,17-18H,3,7,9-14H2,1H3,(H,23,26);2*1H,(H,2,3)/t17-,18+;;/m1../s1. The number of nitrogens with one attached hydrogen (secondary N) is 1. The van der Waals surface area contributed by atoms with Crippen molar-refractivity contribution in [1.29, 1.82) is 0 Å². The van der Waals surface area contributed by atoms with E-state index in [0.717, 1.165) is 56.2 Å². The van der Waals surface area contributed by atoms with Crippen LogP contribution in [0.2, 0.25) is 0 Å². The third-order valence-electron chi connectivity index (χ3n) is 5.70. The summed E-state index contributed by atoms with van der Waals surface area (Å²) in [6.07, 6.45) is 7.12. The van der Waals surface area contributed by atoms with Gasteiger partial charge in [0.2, 0.25) is 5.91 Å². The summed E-state index contributed by atoms with van der Waals surface area (Å²) in [4.78, 5) is 34.9. The van der Waals surface area contributed by atoms with Crippen molar-refractivity contribution in [2.75, 3.05) is 33.4 Å². The van der Waals surface area contributed by atoms with Gasteiger partial charge in [0.25, 0.3) is 12.9 Å².